The Balaban J connectivity index is 1.26. The highest BCUT2D eigenvalue weighted by Crippen LogP contribution is 2.44. The van der Waals surface area contributed by atoms with E-state index in [-0.39, 0.29) is 91.9 Å². The number of rotatable bonds is 5. The summed E-state index contributed by atoms with van der Waals surface area (Å²) in [4.78, 5) is 15.3. The number of nitrogens with zero attached hydrogens (tertiary/aromatic N) is 4. The van der Waals surface area contributed by atoms with Crippen LogP contribution >= 0.6 is 0 Å². The summed E-state index contributed by atoms with van der Waals surface area (Å²) >= 11 is 0. The van der Waals surface area contributed by atoms with Gasteiger partial charge in [-0.25, -0.2) is 15.0 Å². The number of aromatic nitrogens is 4. The van der Waals surface area contributed by atoms with Crippen LogP contribution in [0.4, 0.5) is 0 Å². The lowest BCUT2D eigenvalue weighted by molar-refractivity contribution is 0.670. The molecule has 0 unspecified atom stereocenters. The Labute approximate surface area is 335 Å². The molecule has 266 valence electrons. The van der Waals surface area contributed by atoms with Crippen LogP contribution in [-0.2, 0) is 0 Å². The molecule has 0 aliphatic rings. The third kappa shape index (κ3) is 4.87. The van der Waals surface area contributed by atoms with Crippen LogP contribution in [0.2, 0.25) is 0 Å². The molecule has 0 radical (unpaired) electrons. The Morgan fingerprint density at radius 2 is 1.07 bits per heavy atom. The fourth-order valence-corrected chi connectivity index (χ4v) is 7.93. The summed E-state index contributed by atoms with van der Waals surface area (Å²) in [5.41, 5.74) is 6.30. The number of fused-ring (bicyclic) bond motifs is 10. The van der Waals surface area contributed by atoms with E-state index in [1.165, 1.54) is 12.1 Å². The Morgan fingerprint density at radius 3 is 1.89 bits per heavy atom. The van der Waals surface area contributed by atoms with Crippen LogP contribution in [0.5, 0.6) is 0 Å². The predicted octanol–water partition coefficient (Wildman–Crippen LogP) is 13.4. The molecular weight excluding hydrogens is 701 g/mol. The van der Waals surface area contributed by atoms with E-state index in [0.29, 0.717) is 28.5 Å². The molecule has 4 heterocycles. The highest BCUT2D eigenvalue weighted by atomic mass is 16.3. The van der Waals surface area contributed by atoms with Gasteiger partial charge in [0.2, 0.25) is 0 Å². The van der Waals surface area contributed by atoms with Crippen molar-refractivity contribution in [2.75, 3.05) is 0 Å². The summed E-state index contributed by atoms with van der Waals surface area (Å²) in [5, 5.41) is 2.57. The van der Waals surface area contributed by atoms with E-state index in [2.05, 4.69) is 0 Å². The first kappa shape index (κ1) is 25.3. The van der Waals surface area contributed by atoms with E-state index in [1.54, 1.807) is 10.6 Å². The molecule has 0 saturated heterocycles. The van der Waals surface area contributed by atoms with Crippen molar-refractivity contribution in [1.29, 1.82) is 0 Å². The quantitative estimate of drug-likeness (QED) is 0.176. The number of hydrogen-bond donors (Lipinski definition) is 0. The molecule has 8 aromatic carbocycles. The molecule has 0 aliphatic heterocycles. The van der Waals surface area contributed by atoms with Crippen LogP contribution in [0.15, 0.2) is 191 Å². The number of hydrogen-bond acceptors (Lipinski definition) is 5. The van der Waals surface area contributed by atoms with Crippen molar-refractivity contribution in [2.45, 2.75) is 0 Å². The summed E-state index contributed by atoms with van der Waals surface area (Å²) < 4.78 is 78.5. The highest BCUT2D eigenvalue weighted by Gasteiger charge is 2.24. The Morgan fingerprint density at radius 1 is 0.421 bits per heavy atom. The maximum Gasteiger partial charge on any atom is 0.166 e. The van der Waals surface area contributed by atoms with E-state index < -0.39 is 0 Å². The minimum atomic E-state index is -0.269. The SMILES string of the molecule is [2H]c1ccc2oc3c(c([2H])c([2H])c4c5c([2H])c([2H])cc([2H])c5n(-c5ccc(-c6cccc7c6oc6ccccc67)cc5-c5nc(-c6ccccc6)nc(-c6ccccc6)n5)c34)c2c1[2H]. The van der Waals surface area contributed by atoms with Crippen LogP contribution < -0.4 is 0 Å². The molecule has 0 aliphatic carbocycles. The molecule has 6 nitrogen and oxygen atoms in total. The number of para-hydroxylation sites is 4. The van der Waals surface area contributed by atoms with Crippen LogP contribution in [-0.4, -0.2) is 19.5 Å². The molecule has 0 spiro atoms. The van der Waals surface area contributed by atoms with Crippen molar-refractivity contribution in [1.82, 2.24) is 19.5 Å². The van der Waals surface area contributed by atoms with Gasteiger partial charge in [0.25, 0.3) is 0 Å². The first-order valence-electron chi connectivity index (χ1n) is 21.9. The van der Waals surface area contributed by atoms with Crippen molar-refractivity contribution in [3.05, 3.63) is 182 Å². The zero-order valence-electron chi connectivity index (χ0n) is 36.9. The van der Waals surface area contributed by atoms with Gasteiger partial charge in [-0.15, -0.1) is 0 Å². The second kappa shape index (κ2) is 12.3. The minimum Gasteiger partial charge on any atom is -0.455 e. The lowest BCUT2D eigenvalue weighted by atomic mass is 9.98. The van der Waals surface area contributed by atoms with E-state index in [0.717, 1.165) is 38.6 Å². The van der Waals surface area contributed by atoms with Gasteiger partial charge in [0, 0.05) is 54.6 Å². The maximum absolute atomic E-state index is 9.54. The smallest absolute Gasteiger partial charge is 0.166 e. The molecule has 0 N–H and O–H groups in total. The zero-order valence-corrected chi connectivity index (χ0v) is 29.9. The van der Waals surface area contributed by atoms with Gasteiger partial charge in [-0.05, 0) is 41.9 Å². The average Bonchev–Trinajstić information content (AvgIpc) is 4.03. The van der Waals surface area contributed by atoms with E-state index >= 15 is 0 Å². The van der Waals surface area contributed by atoms with Gasteiger partial charge < -0.3 is 13.4 Å². The van der Waals surface area contributed by atoms with Gasteiger partial charge in [-0.1, -0.05) is 145 Å². The van der Waals surface area contributed by atoms with Gasteiger partial charge in [-0.3, -0.25) is 0 Å². The van der Waals surface area contributed by atoms with Gasteiger partial charge in [0.05, 0.1) is 26.3 Å². The highest BCUT2D eigenvalue weighted by molar-refractivity contribution is 6.21. The Kier molecular flexibility index (Phi) is 5.48. The fourth-order valence-electron chi connectivity index (χ4n) is 7.93. The standard InChI is InChI=1S/C51H30N4O2/c1-3-14-31(15-4-1)49-52-50(32-16-5-2-6-17-32)54-51(53-49)41-30-33(34-21-13-22-39-36-19-8-11-24-44(36)56-47(34)39)26-29-43(41)55-42-23-10-7-18-35(42)38-27-28-40-37-20-9-12-25-45(37)57-48(40)46(38)55/h1-30H/i7D,9D,18D,20D,23D,27D,28D. The molecule has 12 rings (SSSR count). The second-order valence-electron chi connectivity index (χ2n) is 13.8. The molecule has 0 amide bonds. The minimum absolute atomic E-state index is 0.0712. The first-order chi connectivity index (χ1) is 31.2. The molecule has 0 fully saturated rings. The predicted molar refractivity (Wildman–Crippen MR) is 230 cm³/mol. The topological polar surface area (TPSA) is 69.9 Å². The zero-order chi connectivity index (χ0) is 43.5. The van der Waals surface area contributed by atoms with Gasteiger partial charge in [0.15, 0.2) is 23.1 Å². The van der Waals surface area contributed by atoms with Crippen molar-refractivity contribution < 1.29 is 18.4 Å². The van der Waals surface area contributed by atoms with Gasteiger partial charge >= 0.3 is 0 Å². The molecular formula is C51H30N4O2. The summed E-state index contributed by atoms with van der Waals surface area (Å²) in [6.45, 7) is 0. The maximum atomic E-state index is 9.54. The van der Waals surface area contributed by atoms with Crippen LogP contribution in [0.3, 0.4) is 0 Å². The second-order valence-corrected chi connectivity index (χ2v) is 13.8. The summed E-state index contributed by atoms with van der Waals surface area (Å²) in [6.07, 6.45) is 0. The lowest BCUT2D eigenvalue weighted by Crippen LogP contribution is -2.04. The molecule has 0 bridgehead atoms. The number of benzene rings is 8. The molecule has 57 heavy (non-hydrogen) atoms. The normalized spacial score (nSPS) is 13.6. The van der Waals surface area contributed by atoms with E-state index in [4.69, 9.17) is 27.9 Å². The molecule has 0 saturated carbocycles. The van der Waals surface area contributed by atoms with Crippen LogP contribution in [0.1, 0.15) is 9.60 Å². The first-order valence-corrected chi connectivity index (χ1v) is 18.4. The molecule has 12 aromatic rings. The third-order valence-corrected chi connectivity index (χ3v) is 10.5. The number of furan rings is 2. The van der Waals surface area contributed by atoms with Crippen molar-refractivity contribution >= 4 is 65.7 Å². The largest absolute Gasteiger partial charge is 0.455 e. The summed E-state index contributed by atoms with van der Waals surface area (Å²) in [5.74, 6) is 1.11. The Hall–Kier alpha value is -7.83. The fraction of sp³-hybridized carbons (Fsp3) is 0. The summed E-state index contributed by atoms with van der Waals surface area (Å²) in [7, 11) is 0. The van der Waals surface area contributed by atoms with Crippen molar-refractivity contribution in [3.63, 3.8) is 0 Å². The van der Waals surface area contributed by atoms with Crippen LogP contribution in [0.25, 0.3) is 117 Å². The molecule has 0 atom stereocenters. The monoisotopic (exact) mass is 737 g/mol. The van der Waals surface area contributed by atoms with E-state index in [1.807, 2.05) is 121 Å². The van der Waals surface area contributed by atoms with E-state index in [9.17, 15) is 5.48 Å². The summed E-state index contributed by atoms with van der Waals surface area (Å²) in [6, 6.07) is 41.9. The average molecular weight is 738 g/mol. The van der Waals surface area contributed by atoms with Crippen molar-refractivity contribution in [2.24, 2.45) is 0 Å². The molecule has 6 heteroatoms. The Bertz CT molecular complexity index is 3880. The van der Waals surface area contributed by atoms with Crippen LogP contribution in [0, 0.1) is 0 Å². The van der Waals surface area contributed by atoms with Gasteiger partial charge in [0.1, 0.15) is 16.7 Å². The van der Waals surface area contributed by atoms with Gasteiger partial charge in [-0.2, -0.15) is 0 Å². The lowest BCUT2D eigenvalue weighted by Gasteiger charge is -2.16. The third-order valence-electron chi connectivity index (χ3n) is 10.5. The van der Waals surface area contributed by atoms with Crippen molar-refractivity contribution in [3.8, 4) is 51.0 Å². The molecule has 4 aromatic heterocycles.